The van der Waals surface area contributed by atoms with Crippen LogP contribution in [0.25, 0.3) is 0 Å². The number of carbonyl (C=O) groups is 1. The van der Waals surface area contributed by atoms with E-state index in [-0.39, 0.29) is 0 Å². The first kappa shape index (κ1) is 21.4. The number of aliphatic hydroxyl groups is 7. The fourth-order valence-corrected chi connectivity index (χ4v) is 2.68. The van der Waals surface area contributed by atoms with Crippen molar-refractivity contribution in [3.8, 4) is 0 Å². The van der Waals surface area contributed by atoms with Gasteiger partial charge < -0.3 is 54.7 Å². The number of hydrogen-bond acceptors (Lipinski definition) is 12. The Balaban J connectivity index is 2.07. The van der Waals surface area contributed by atoms with Gasteiger partial charge in [-0.05, 0) is 0 Å². The van der Waals surface area contributed by atoms with E-state index >= 15 is 0 Å². The Bertz CT molecular complexity index is 473. The molecule has 0 aromatic heterocycles. The second kappa shape index (κ2) is 8.84. The van der Waals surface area contributed by atoms with Crippen LogP contribution < -0.4 is 0 Å². The summed E-state index contributed by atoms with van der Waals surface area (Å²) in [6.45, 7) is 0.00649. The zero-order valence-electron chi connectivity index (χ0n) is 13.9. The van der Waals surface area contributed by atoms with E-state index in [2.05, 4.69) is 0 Å². The molecule has 0 amide bonds. The predicted octanol–water partition coefficient (Wildman–Crippen LogP) is -4.83. The van der Waals surface area contributed by atoms with Crippen molar-refractivity contribution in [3.63, 3.8) is 0 Å². The lowest BCUT2D eigenvalue weighted by molar-refractivity contribution is -0.376. The highest BCUT2D eigenvalue weighted by Gasteiger charge is 2.49. The van der Waals surface area contributed by atoms with Gasteiger partial charge in [0.15, 0.2) is 12.6 Å². The Morgan fingerprint density at radius 1 is 0.808 bits per heavy atom. The van der Waals surface area contributed by atoms with E-state index in [4.69, 9.17) is 24.1 Å². The highest BCUT2D eigenvalue weighted by atomic mass is 16.8. The Hall–Kier alpha value is -0.930. The van der Waals surface area contributed by atoms with Crippen molar-refractivity contribution in [1.29, 1.82) is 0 Å². The van der Waals surface area contributed by atoms with Crippen LogP contribution in [0.15, 0.2) is 0 Å². The number of esters is 1. The predicted molar refractivity (Wildman–Crippen MR) is 78.2 cm³/mol. The molecule has 2 saturated heterocycles. The molecule has 12 heteroatoms. The lowest BCUT2D eigenvalue weighted by Crippen LogP contribution is -2.63. The lowest BCUT2D eigenvalue weighted by Gasteiger charge is -2.44. The van der Waals surface area contributed by atoms with E-state index < -0.39 is 80.6 Å². The molecule has 26 heavy (non-hydrogen) atoms. The molecule has 2 aliphatic rings. The summed E-state index contributed by atoms with van der Waals surface area (Å²) in [6.07, 6.45) is -15.9. The second-order valence-electron chi connectivity index (χ2n) is 6.15. The van der Waals surface area contributed by atoms with Gasteiger partial charge in [0.05, 0.1) is 6.61 Å². The maximum absolute atomic E-state index is 10.9. The Kier molecular flexibility index (Phi) is 7.27. The highest BCUT2D eigenvalue weighted by molar-refractivity contribution is 5.65. The summed E-state index contributed by atoms with van der Waals surface area (Å²) in [7, 11) is 0. The molecule has 2 heterocycles. The highest BCUT2D eigenvalue weighted by Crippen LogP contribution is 2.28. The first-order chi connectivity index (χ1) is 12.2. The van der Waals surface area contributed by atoms with Crippen LogP contribution in [0.5, 0.6) is 0 Å². The fraction of sp³-hybridized carbons (Fsp3) is 0.929. The van der Waals surface area contributed by atoms with Crippen LogP contribution >= 0.6 is 0 Å². The average molecular weight is 384 g/mol. The van der Waals surface area contributed by atoms with E-state index in [1.54, 1.807) is 0 Å². The Morgan fingerprint density at radius 3 is 1.73 bits per heavy atom. The summed E-state index contributed by atoms with van der Waals surface area (Å²) >= 11 is 0. The number of aliphatic hydroxyl groups excluding tert-OH is 7. The van der Waals surface area contributed by atoms with Gasteiger partial charge in [-0.3, -0.25) is 4.79 Å². The van der Waals surface area contributed by atoms with Crippen molar-refractivity contribution < 1.29 is 59.5 Å². The Morgan fingerprint density at radius 2 is 1.27 bits per heavy atom. The summed E-state index contributed by atoms with van der Waals surface area (Å²) in [5.41, 5.74) is 0. The zero-order chi connectivity index (χ0) is 19.6. The standard InChI is InChI=1S/C14H24O12/c1-4(16)23-3-6-8(18)10(20)12(22)14(25-6)26-13-11(21)9(19)7(17)5(2-15)24-13/h5-15,17-22H,2-3H2,1H3/t5-,6-,7-,8-,9+,10+,11-,12-,13-,14-/m1/s1. The van der Waals surface area contributed by atoms with Crippen molar-refractivity contribution in [2.24, 2.45) is 0 Å². The van der Waals surface area contributed by atoms with Crippen molar-refractivity contribution in [2.45, 2.75) is 68.3 Å². The average Bonchev–Trinajstić information content (AvgIpc) is 2.61. The minimum absolute atomic E-state index is 0.436. The summed E-state index contributed by atoms with van der Waals surface area (Å²) < 4.78 is 20.3. The van der Waals surface area contributed by atoms with Crippen LogP contribution in [0, 0.1) is 0 Å². The summed E-state index contributed by atoms with van der Waals surface area (Å²) in [4.78, 5) is 10.9. The maximum atomic E-state index is 10.9. The molecule has 10 atom stereocenters. The van der Waals surface area contributed by atoms with Crippen molar-refractivity contribution >= 4 is 5.97 Å². The number of ether oxygens (including phenoxy) is 4. The van der Waals surface area contributed by atoms with Crippen LogP contribution in [-0.4, -0.2) is 116 Å². The molecular formula is C14H24O12. The topological polar surface area (TPSA) is 196 Å². The molecule has 7 N–H and O–H groups in total. The van der Waals surface area contributed by atoms with E-state index in [1.807, 2.05) is 0 Å². The summed E-state index contributed by atoms with van der Waals surface area (Å²) in [5.74, 6) is -0.659. The molecule has 2 rings (SSSR count). The number of rotatable bonds is 5. The van der Waals surface area contributed by atoms with Gasteiger partial charge in [-0.1, -0.05) is 0 Å². The SMILES string of the molecule is CC(=O)OC[C@H]1O[C@H](O[C@H]2O[C@H](CO)[C@@H](O)[C@H](O)[C@H]2O)[C@H](O)[C@@H](O)[C@@H]1O. The van der Waals surface area contributed by atoms with Gasteiger partial charge in [-0.15, -0.1) is 0 Å². The van der Waals surface area contributed by atoms with Crippen LogP contribution in [-0.2, 0) is 23.7 Å². The molecule has 152 valence electrons. The van der Waals surface area contributed by atoms with Gasteiger partial charge in [-0.25, -0.2) is 0 Å². The summed E-state index contributed by atoms with van der Waals surface area (Å²) in [6, 6.07) is 0. The molecular weight excluding hydrogens is 360 g/mol. The van der Waals surface area contributed by atoms with Gasteiger partial charge in [-0.2, -0.15) is 0 Å². The molecule has 12 nitrogen and oxygen atoms in total. The van der Waals surface area contributed by atoms with Crippen LogP contribution in [0.3, 0.4) is 0 Å². The van der Waals surface area contributed by atoms with Gasteiger partial charge in [0.1, 0.15) is 55.4 Å². The van der Waals surface area contributed by atoms with E-state index in [1.165, 1.54) is 0 Å². The minimum Gasteiger partial charge on any atom is -0.463 e. The van der Waals surface area contributed by atoms with Crippen LogP contribution in [0.4, 0.5) is 0 Å². The molecule has 0 aliphatic carbocycles. The maximum Gasteiger partial charge on any atom is 0.302 e. The summed E-state index contributed by atoms with van der Waals surface area (Å²) in [5, 5.41) is 68.3. The molecule has 2 fully saturated rings. The van der Waals surface area contributed by atoms with Crippen molar-refractivity contribution in [1.82, 2.24) is 0 Å². The number of hydrogen-bond donors (Lipinski definition) is 7. The largest absolute Gasteiger partial charge is 0.463 e. The minimum atomic E-state index is -1.76. The number of carbonyl (C=O) groups excluding carboxylic acids is 1. The molecule has 0 aromatic carbocycles. The Labute approximate surface area is 148 Å². The van der Waals surface area contributed by atoms with Crippen LogP contribution in [0.2, 0.25) is 0 Å². The van der Waals surface area contributed by atoms with Crippen LogP contribution in [0.1, 0.15) is 6.92 Å². The second-order valence-corrected chi connectivity index (χ2v) is 6.15. The monoisotopic (exact) mass is 384 g/mol. The van der Waals surface area contributed by atoms with Crippen molar-refractivity contribution in [2.75, 3.05) is 13.2 Å². The van der Waals surface area contributed by atoms with Gasteiger partial charge in [0.25, 0.3) is 0 Å². The molecule has 0 bridgehead atoms. The van der Waals surface area contributed by atoms with E-state index in [0.29, 0.717) is 0 Å². The van der Waals surface area contributed by atoms with Gasteiger partial charge in [0, 0.05) is 6.92 Å². The first-order valence-electron chi connectivity index (χ1n) is 7.96. The normalized spacial score (nSPS) is 46.8. The van der Waals surface area contributed by atoms with E-state index in [9.17, 15) is 35.4 Å². The third-order valence-corrected chi connectivity index (χ3v) is 4.24. The van der Waals surface area contributed by atoms with Crippen molar-refractivity contribution in [3.05, 3.63) is 0 Å². The molecule has 2 aliphatic heterocycles. The third kappa shape index (κ3) is 4.48. The third-order valence-electron chi connectivity index (χ3n) is 4.24. The van der Waals surface area contributed by atoms with Gasteiger partial charge in [0.2, 0.25) is 0 Å². The van der Waals surface area contributed by atoms with E-state index in [0.717, 1.165) is 6.92 Å². The quantitative estimate of drug-likeness (QED) is 0.224. The fourth-order valence-electron chi connectivity index (χ4n) is 2.68. The molecule has 0 aromatic rings. The molecule has 0 unspecified atom stereocenters. The zero-order valence-corrected chi connectivity index (χ0v) is 13.9. The first-order valence-corrected chi connectivity index (χ1v) is 7.96. The lowest BCUT2D eigenvalue weighted by atomic mass is 9.98. The molecule has 0 radical (unpaired) electrons. The molecule has 0 spiro atoms. The molecule has 0 saturated carbocycles. The van der Waals surface area contributed by atoms with Gasteiger partial charge >= 0.3 is 5.97 Å². The smallest absolute Gasteiger partial charge is 0.302 e.